The predicted molar refractivity (Wildman–Crippen MR) is 93.2 cm³/mol. The highest BCUT2D eigenvalue weighted by molar-refractivity contribution is 5.89. The minimum atomic E-state index is -0.516. The summed E-state index contributed by atoms with van der Waals surface area (Å²) in [4.78, 5) is 21.4. The lowest BCUT2D eigenvalue weighted by atomic mass is 10.2. The molecule has 0 N–H and O–H groups in total. The first kappa shape index (κ1) is 20.5. The molecule has 24 heavy (non-hydrogen) atoms. The van der Waals surface area contributed by atoms with E-state index in [2.05, 4.69) is 13.8 Å². The van der Waals surface area contributed by atoms with E-state index in [0.29, 0.717) is 25.4 Å². The van der Waals surface area contributed by atoms with Crippen LogP contribution in [-0.2, 0) is 14.5 Å². The summed E-state index contributed by atoms with van der Waals surface area (Å²) in [5, 5.41) is 0. The van der Waals surface area contributed by atoms with E-state index >= 15 is 0 Å². The quantitative estimate of drug-likeness (QED) is 0.283. The highest BCUT2D eigenvalue weighted by atomic mass is 17.2. The number of carbonyl (C=O) groups is 1. The van der Waals surface area contributed by atoms with Crippen molar-refractivity contribution in [3.8, 4) is 5.75 Å². The summed E-state index contributed by atoms with van der Waals surface area (Å²) in [7, 11) is 0. The van der Waals surface area contributed by atoms with Crippen LogP contribution in [0.4, 0.5) is 0 Å². The molecule has 1 aromatic carbocycles. The van der Waals surface area contributed by atoms with E-state index in [-0.39, 0.29) is 6.61 Å². The van der Waals surface area contributed by atoms with Gasteiger partial charge in [-0.25, -0.2) is 4.79 Å². The first-order chi connectivity index (χ1) is 11.8. The summed E-state index contributed by atoms with van der Waals surface area (Å²) in [5.74, 6) is 0.242. The molecule has 0 aliphatic rings. The maximum Gasteiger partial charge on any atom is 0.373 e. The zero-order chi connectivity index (χ0) is 17.5. The molecule has 0 radical (unpaired) electrons. The molecule has 0 aliphatic heterocycles. The van der Waals surface area contributed by atoms with Crippen LogP contribution >= 0.6 is 0 Å². The van der Waals surface area contributed by atoms with Crippen LogP contribution in [0.2, 0.25) is 0 Å². The molecule has 5 nitrogen and oxygen atoms in total. The Morgan fingerprint density at radius 3 is 2.29 bits per heavy atom. The molecule has 0 saturated carbocycles. The van der Waals surface area contributed by atoms with Gasteiger partial charge in [0.15, 0.2) is 0 Å². The van der Waals surface area contributed by atoms with E-state index in [0.717, 1.165) is 25.0 Å². The lowest BCUT2D eigenvalue weighted by molar-refractivity contribution is -0.247. The molecule has 0 aliphatic carbocycles. The van der Waals surface area contributed by atoms with Crippen LogP contribution in [0.25, 0.3) is 0 Å². The Balaban J connectivity index is 2.16. The summed E-state index contributed by atoms with van der Waals surface area (Å²) < 4.78 is 10.9. The number of benzene rings is 1. The van der Waals surface area contributed by atoms with Crippen molar-refractivity contribution in [3.05, 3.63) is 29.8 Å². The monoisotopic (exact) mass is 338 g/mol. The second-order valence-corrected chi connectivity index (χ2v) is 5.59. The second kappa shape index (κ2) is 13.8. The zero-order valence-electron chi connectivity index (χ0n) is 14.9. The number of hydrogen-bond donors (Lipinski definition) is 0. The number of carbonyl (C=O) groups excluding carboxylic acids is 1. The second-order valence-electron chi connectivity index (χ2n) is 5.59. The maximum atomic E-state index is 11.8. The van der Waals surface area contributed by atoms with Crippen LogP contribution in [0, 0.1) is 0 Å². The largest absolute Gasteiger partial charge is 0.494 e. The summed E-state index contributed by atoms with van der Waals surface area (Å²) in [6, 6.07) is 6.88. The smallest absolute Gasteiger partial charge is 0.373 e. The van der Waals surface area contributed by atoms with Crippen molar-refractivity contribution in [2.75, 3.05) is 26.4 Å². The molecule has 1 aromatic rings. The molecule has 0 heterocycles. The lowest BCUT2D eigenvalue weighted by Gasteiger charge is -2.07. The third kappa shape index (κ3) is 9.53. The fraction of sp³-hybridized carbons (Fsp3) is 0.632. The van der Waals surface area contributed by atoms with E-state index < -0.39 is 5.97 Å². The Morgan fingerprint density at radius 2 is 1.58 bits per heavy atom. The fourth-order valence-electron chi connectivity index (χ4n) is 1.99. The van der Waals surface area contributed by atoms with Crippen LogP contribution < -0.4 is 4.74 Å². The Labute approximate surface area is 145 Å². The lowest BCUT2D eigenvalue weighted by Crippen LogP contribution is -2.10. The summed E-state index contributed by atoms with van der Waals surface area (Å²) in [5.41, 5.74) is 0.431. The molecule has 0 unspecified atom stereocenters. The van der Waals surface area contributed by atoms with Gasteiger partial charge in [0, 0.05) is 6.61 Å². The van der Waals surface area contributed by atoms with Gasteiger partial charge in [-0.2, -0.15) is 4.89 Å². The van der Waals surface area contributed by atoms with Crippen molar-refractivity contribution in [1.29, 1.82) is 0 Å². The predicted octanol–water partition coefficient (Wildman–Crippen LogP) is 4.55. The summed E-state index contributed by atoms with van der Waals surface area (Å²) >= 11 is 0. The first-order valence-electron chi connectivity index (χ1n) is 8.92. The molecule has 0 spiro atoms. The summed E-state index contributed by atoms with van der Waals surface area (Å²) in [6.07, 6.45) is 6.79. The molecule has 1 rings (SSSR count). The molecule has 136 valence electrons. The maximum absolute atomic E-state index is 11.8. The van der Waals surface area contributed by atoms with Gasteiger partial charge >= 0.3 is 5.97 Å². The van der Waals surface area contributed by atoms with E-state index in [1.807, 2.05) is 0 Å². The van der Waals surface area contributed by atoms with Crippen LogP contribution in [0.1, 0.15) is 62.7 Å². The van der Waals surface area contributed by atoms with Crippen LogP contribution in [0.3, 0.4) is 0 Å². The van der Waals surface area contributed by atoms with E-state index in [1.165, 1.54) is 19.3 Å². The number of rotatable bonds is 14. The van der Waals surface area contributed by atoms with Gasteiger partial charge in [-0.3, -0.25) is 4.89 Å². The molecule has 0 aromatic heterocycles. The van der Waals surface area contributed by atoms with E-state index in [1.54, 1.807) is 24.3 Å². The van der Waals surface area contributed by atoms with Crippen molar-refractivity contribution in [2.45, 2.75) is 52.4 Å². The molecule has 0 atom stereocenters. The van der Waals surface area contributed by atoms with Gasteiger partial charge in [0.25, 0.3) is 0 Å². The van der Waals surface area contributed by atoms with E-state index in [9.17, 15) is 4.79 Å². The number of hydrogen-bond acceptors (Lipinski definition) is 5. The fourth-order valence-corrected chi connectivity index (χ4v) is 1.99. The summed E-state index contributed by atoms with van der Waals surface area (Å²) in [6.45, 7) is 6.33. The van der Waals surface area contributed by atoms with Crippen molar-refractivity contribution < 1.29 is 24.0 Å². The van der Waals surface area contributed by atoms with Crippen molar-refractivity contribution in [2.24, 2.45) is 0 Å². The van der Waals surface area contributed by atoms with Gasteiger partial charge in [0.2, 0.25) is 0 Å². The minimum Gasteiger partial charge on any atom is -0.494 e. The van der Waals surface area contributed by atoms with Gasteiger partial charge in [0.1, 0.15) is 12.4 Å². The third-order valence-corrected chi connectivity index (χ3v) is 3.44. The van der Waals surface area contributed by atoms with Crippen LogP contribution in [-0.4, -0.2) is 32.4 Å². The average molecular weight is 338 g/mol. The molecule has 5 heteroatoms. The molecular formula is C19H30O5. The highest BCUT2D eigenvalue weighted by Gasteiger charge is 2.08. The highest BCUT2D eigenvalue weighted by Crippen LogP contribution is 2.14. The van der Waals surface area contributed by atoms with Gasteiger partial charge in [-0.05, 0) is 37.1 Å². The van der Waals surface area contributed by atoms with Gasteiger partial charge in [0.05, 0.1) is 18.8 Å². The number of unbranched alkanes of at least 4 members (excludes halogenated alkanes) is 4. The Kier molecular flexibility index (Phi) is 11.8. The molecule has 0 amide bonds. The van der Waals surface area contributed by atoms with E-state index in [4.69, 9.17) is 19.2 Å². The van der Waals surface area contributed by atoms with Gasteiger partial charge in [-0.15, -0.1) is 0 Å². The van der Waals surface area contributed by atoms with Crippen LogP contribution in [0.15, 0.2) is 24.3 Å². The zero-order valence-corrected chi connectivity index (χ0v) is 14.9. The first-order valence-corrected chi connectivity index (χ1v) is 8.92. The molecular weight excluding hydrogens is 308 g/mol. The van der Waals surface area contributed by atoms with Crippen LogP contribution in [0.5, 0.6) is 5.75 Å². The number of ether oxygens (including phenoxy) is 2. The minimum absolute atomic E-state index is 0.231. The Morgan fingerprint density at radius 1 is 0.833 bits per heavy atom. The molecule has 0 fully saturated rings. The standard InChI is InChI=1S/C19H30O5/c1-3-5-7-8-14-22-18-11-9-17(10-12-18)19(20)24-23-16-15-21-13-6-4-2/h9-12H,3-8,13-16H2,1-2H3. The Bertz CT molecular complexity index is 430. The van der Waals surface area contributed by atoms with Gasteiger partial charge < -0.3 is 9.47 Å². The topological polar surface area (TPSA) is 54.0 Å². The average Bonchev–Trinajstić information content (AvgIpc) is 2.61. The normalized spacial score (nSPS) is 10.6. The third-order valence-electron chi connectivity index (χ3n) is 3.44. The SMILES string of the molecule is CCCCCCOc1ccc(C(=O)OOCCOCCCC)cc1. The Hall–Kier alpha value is -1.59. The van der Waals surface area contributed by atoms with Crippen molar-refractivity contribution in [1.82, 2.24) is 0 Å². The molecule has 0 bridgehead atoms. The molecule has 0 saturated heterocycles. The van der Waals surface area contributed by atoms with Gasteiger partial charge in [-0.1, -0.05) is 39.5 Å². The van der Waals surface area contributed by atoms with Crippen molar-refractivity contribution >= 4 is 5.97 Å². The van der Waals surface area contributed by atoms with Crippen molar-refractivity contribution in [3.63, 3.8) is 0 Å².